The fourth-order valence-electron chi connectivity index (χ4n) is 3.78. The number of rotatable bonds is 7. The minimum atomic E-state index is 0.932. The first-order valence-electron chi connectivity index (χ1n) is 9.74. The van der Waals surface area contributed by atoms with Crippen molar-refractivity contribution in [2.24, 2.45) is 0 Å². The summed E-state index contributed by atoms with van der Waals surface area (Å²) in [6.07, 6.45) is 2.31. The van der Waals surface area contributed by atoms with Crippen LogP contribution in [0.1, 0.15) is 12.8 Å². The van der Waals surface area contributed by atoms with E-state index in [0.29, 0.717) is 0 Å². The van der Waals surface area contributed by atoms with Crippen LogP contribution >= 0.6 is 0 Å². The number of benzene rings is 2. The molecule has 0 aliphatic carbocycles. The summed E-state index contributed by atoms with van der Waals surface area (Å²) in [5.41, 5.74) is 3.31. The maximum Gasteiger partial charge on any atom is 0.142 e. The molecule has 0 bridgehead atoms. The maximum atomic E-state index is 5.50. The molecule has 27 heavy (non-hydrogen) atoms. The number of hydrogen-bond donors (Lipinski definition) is 0. The molecule has 3 aromatic rings. The van der Waals surface area contributed by atoms with Crippen molar-refractivity contribution in [1.82, 2.24) is 19.9 Å². The van der Waals surface area contributed by atoms with Gasteiger partial charge in [0.2, 0.25) is 0 Å². The van der Waals surface area contributed by atoms with Gasteiger partial charge in [-0.2, -0.15) is 0 Å². The summed E-state index contributed by atoms with van der Waals surface area (Å²) < 4.78 is 7.52. The van der Waals surface area contributed by atoms with Gasteiger partial charge in [0.05, 0.1) is 18.3 Å². The predicted octanol–water partition coefficient (Wildman–Crippen LogP) is 3.04. The van der Waals surface area contributed by atoms with Crippen LogP contribution in [-0.4, -0.2) is 59.7 Å². The summed E-state index contributed by atoms with van der Waals surface area (Å²) in [4.78, 5) is 4.99. The second kappa shape index (κ2) is 8.39. The number of fused-ring (bicyclic) bond motifs is 1. The highest BCUT2D eigenvalue weighted by molar-refractivity contribution is 5.73. The molecule has 1 aliphatic heterocycles. The quantitative estimate of drug-likeness (QED) is 0.602. The third kappa shape index (κ3) is 4.06. The van der Waals surface area contributed by atoms with E-state index in [9.17, 15) is 0 Å². The van der Waals surface area contributed by atoms with Gasteiger partial charge in [0.1, 0.15) is 11.3 Å². The average Bonchev–Trinajstić information content (AvgIpc) is 3.15. The SMILES string of the molecule is COc1ccccc1N1CCN(CCCCn2nnc3ccccc32)CC1. The Hall–Kier alpha value is -2.60. The lowest BCUT2D eigenvalue weighted by atomic mass is 10.2. The van der Waals surface area contributed by atoms with Crippen LogP contribution in [0.25, 0.3) is 11.0 Å². The van der Waals surface area contributed by atoms with Crippen molar-refractivity contribution in [3.05, 3.63) is 48.5 Å². The summed E-state index contributed by atoms with van der Waals surface area (Å²) in [6, 6.07) is 16.4. The fourth-order valence-corrected chi connectivity index (χ4v) is 3.78. The van der Waals surface area contributed by atoms with Crippen molar-refractivity contribution in [2.45, 2.75) is 19.4 Å². The van der Waals surface area contributed by atoms with Gasteiger partial charge in [-0.05, 0) is 43.7 Å². The molecule has 0 atom stereocenters. The largest absolute Gasteiger partial charge is 0.495 e. The lowest BCUT2D eigenvalue weighted by Gasteiger charge is -2.36. The zero-order chi connectivity index (χ0) is 18.5. The molecule has 0 saturated carbocycles. The highest BCUT2D eigenvalue weighted by Crippen LogP contribution is 2.28. The molecule has 1 fully saturated rings. The minimum Gasteiger partial charge on any atom is -0.495 e. The van der Waals surface area contributed by atoms with Gasteiger partial charge in [-0.25, -0.2) is 4.68 Å². The van der Waals surface area contributed by atoms with Gasteiger partial charge in [0, 0.05) is 32.7 Å². The number of aromatic nitrogens is 3. The van der Waals surface area contributed by atoms with Crippen molar-refractivity contribution < 1.29 is 4.74 Å². The number of piperazine rings is 1. The van der Waals surface area contributed by atoms with E-state index in [1.165, 1.54) is 12.1 Å². The Morgan fingerprint density at radius 1 is 0.889 bits per heavy atom. The number of anilines is 1. The van der Waals surface area contributed by atoms with Crippen molar-refractivity contribution in [2.75, 3.05) is 44.7 Å². The highest BCUT2D eigenvalue weighted by atomic mass is 16.5. The van der Waals surface area contributed by atoms with Gasteiger partial charge in [0.15, 0.2) is 0 Å². The number of hydrogen-bond acceptors (Lipinski definition) is 5. The first-order chi connectivity index (χ1) is 13.3. The summed E-state index contributed by atoms with van der Waals surface area (Å²) in [7, 11) is 1.74. The predicted molar refractivity (Wildman–Crippen MR) is 108 cm³/mol. The molecule has 0 unspecified atom stereocenters. The van der Waals surface area contributed by atoms with E-state index in [1.54, 1.807) is 7.11 Å². The Kier molecular flexibility index (Phi) is 5.53. The normalized spacial score (nSPS) is 15.4. The summed E-state index contributed by atoms with van der Waals surface area (Å²) in [6.45, 7) is 6.38. The molecule has 1 aromatic heterocycles. The number of para-hydroxylation sites is 3. The molecule has 142 valence electrons. The van der Waals surface area contributed by atoms with Crippen LogP contribution in [0, 0.1) is 0 Å². The second-order valence-electron chi connectivity index (χ2n) is 7.01. The van der Waals surface area contributed by atoms with Crippen LogP contribution in [0.15, 0.2) is 48.5 Å². The van der Waals surface area contributed by atoms with Crippen LogP contribution in [0.2, 0.25) is 0 Å². The molecular weight excluding hydrogens is 338 g/mol. The van der Waals surface area contributed by atoms with Crippen molar-refractivity contribution in [3.63, 3.8) is 0 Å². The maximum absolute atomic E-state index is 5.50. The lowest BCUT2D eigenvalue weighted by Crippen LogP contribution is -2.46. The standard InChI is InChI=1S/C21H27N5O/c1-27-21-11-5-4-10-20(21)25-16-14-24(15-17-25)12-6-7-13-26-19-9-3-2-8-18(19)22-23-26/h2-5,8-11H,6-7,12-17H2,1H3. The number of aryl methyl sites for hydroxylation is 1. The van der Waals surface area contributed by atoms with E-state index in [0.717, 1.165) is 62.5 Å². The topological polar surface area (TPSA) is 46.4 Å². The van der Waals surface area contributed by atoms with Crippen LogP contribution < -0.4 is 9.64 Å². The van der Waals surface area contributed by atoms with Crippen molar-refractivity contribution in [3.8, 4) is 5.75 Å². The molecule has 4 rings (SSSR count). The summed E-state index contributed by atoms with van der Waals surface area (Å²) in [5, 5.41) is 8.50. The van der Waals surface area contributed by atoms with Gasteiger partial charge in [0.25, 0.3) is 0 Å². The van der Waals surface area contributed by atoms with Crippen LogP contribution in [0.5, 0.6) is 5.75 Å². The molecule has 6 nitrogen and oxygen atoms in total. The molecule has 1 saturated heterocycles. The Bertz CT molecular complexity index is 870. The molecule has 0 radical (unpaired) electrons. The van der Waals surface area contributed by atoms with E-state index in [2.05, 4.69) is 38.3 Å². The molecule has 2 heterocycles. The first kappa shape index (κ1) is 17.8. The molecule has 6 heteroatoms. The monoisotopic (exact) mass is 365 g/mol. The van der Waals surface area contributed by atoms with Crippen LogP contribution in [0.4, 0.5) is 5.69 Å². The average molecular weight is 365 g/mol. The molecule has 2 aromatic carbocycles. The first-order valence-corrected chi connectivity index (χ1v) is 9.74. The van der Waals surface area contributed by atoms with E-state index in [-0.39, 0.29) is 0 Å². The van der Waals surface area contributed by atoms with E-state index in [1.807, 2.05) is 35.0 Å². The number of unbranched alkanes of at least 4 members (excludes halogenated alkanes) is 1. The van der Waals surface area contributed by atoms with Gasteiger partial charge in [-0.1, -0.05) is 29.5 Å². The summed E-state index contributed by atoms with van der Waals surface area (Å²) in [5.74, 6) is 0.964. The molecule has 1 aliphatic rings. The molecule has 0 amide bonds. The second-order valence-corrected chi connectivity index (χ2v) is 7.01. The van der Waals surface area contributed by atoms with Crippen LogP contribution in [-0.2, 0) is 6.54 Å². The van der Waals surface area contributed by atoms with E-state index in [4.69, 9.17) is 4.74 Å². The number of ether oxygens (including phenoxy) is 1. The Balaban J connectivity index is 1.22. The van der Waals surface area contributed by atoms with Gasteiger partial charge >= 0.3 is 0 Å². The van der Waals surface area contributed by atoms with Crippen molar-refractivity contribution >= 4 is 16.7 Å². The lowest BCUT2D eigenvalue weighted by molar-refractivity contribution is 0.250. The smallest absolute Gasteiger partial charge is 0.142 e. The Morgan fingerprint density at radius 3 is 2.48 bits per heavy atom. The fraction of sp³-hybridized carbons (Fsp3) is 0.429. The van der Waals surface area contributed by atoms with Gasteiger partial charge in [-0.15, -0.1) is 5.10 Å². The Morgan fingerprint density at radius 2 is 1.63 bits per heavy atom. The highest BCUT2D eigenvalue weighted by Gasteiger charge is 2.19. The molecular formula is C21H27N5O. The zero-order valence-electron chi connectivity index (χ0n) is 15.9. The number of nitrogens with zero attached hydrogens (tertiary/aromatic N) is 5. The van der Waals surface area contributed by atoms with E-state index < -0.39 is 0 Å². The third-order valence-electron chi connectivity index (χ3n) is 5.31. The number of methoxy groups -OCH3 is 1. The van der Waals surface area contributed by atoms with Gasteiger partial charge in [-0.3, -0.25) is 4.90 Å². The molecule has 0 N–H and O–H groups in total. The zero-order valence-corrected chi connectivity index (χ0v) is 15.9. The van der Waals surface area contributed by atoms with Crippen LogP contribution in [0.3, 0.4) is 0 Å². The molecule has 0 spiro atoms. The Labute approximate surface area is 160 Å². The third-order valence-corrected chi connectivity index (χ3v) is 5.31. The summed E-state index contributed by atoms with van der Waals surface area (Å²) >= 11 is 0. The van der Waals surface area contributed by atoms with Gasteiger partial charge < -0.3 is 9.64 Å². The minimum absolute atomic E-state index is 0.932. The van der Waals surface area contributed by atoms with E-state index >= 15 is 0 Å². The van der Waals surface area contributed by atoms with Crippen molar-refractivity contribution in [1.29, 1.82) is 0 Å².